The molecule has 2 aliphatic carbocycles. The number of thioether (sulfide) groups is 1. The van der Waals surface area contributed by atoms with Gasteiger partial charge in [0, 0.05) is 17.7 Å². The number of anilines is 1. The van der Waals surface area contributed by atoms with E-state index in [0.717, 1.165) is 30.2 Å². The molecule has 0 unspecified atom stereocenters. The molecule has 0 saturated heterocycles. The van der Waals surface area contributed by atoms with Crippen LogP contribution < -0.4 is 5.32 Å². The first-order chi connectivity index (χ1) is 17.0. The summed E-state index contributed by atoms with van der Waals surface area (Å²) >= 11 is 1.54. The number of fused-ring (bicyclic) bond motifs is 1. The van der Waals surface area contributed by atoms with Crippen LogP contribution in [0.5, 0.6) is 0 Å². The highest BCUT2D eigenvalue weighted by atomic mass is 32.2. The Morgan fingerprint density at radius 1 is 1.20 bits per heavy atom. The van der Waals surface area contributed by atoms with Gasteiger partial charge < -0.3 is 20.3 Å². The molecule has 1 aromatic carbocycles. The van der Waals surface area contributed by atoms with Gasteiger partial charge in [-0.25, -0.2) is 23.4 Å². The fraction of sp³-hybridized carbons (Fsp3) is 0.565. The summed E-state index contributed by atoms with van der Waals surface area (Å²) in [5, 5.41) is 32.1. The number of halogens is 2. The maximum atomic E-state index is 13.7. The number of aromatic nitrogens is 5. The molecule has 2 fully saturated rings. The number of hydrogen-bond acceptors (Lipinski definition) is 9. The quantitative estimate of drug-likeness (QED) is 0.282. The van der Waals surface area contributed by atoms with Crippen molar-refractivity contribution in [2.24, 2.45) is 0 Å². The van der Waals surface area contributed by atoms with Gasteiger partial charge in [-0.15, -0.1) is 5.10 Å². The fourth-order valence-electron chi connectivity index (χ4n) is 4.59. The second kappa shape index (κ2) is 10.3. The number of nitrogens with one attached hydrogen (secondary N) is 1. The van der Waals surface area contributed by atoms with Crippen molar-refractivity contribution in [2.45, 2.75) is 68.0 Å². The molecular weight excluding hydrogens is 478 g/mol. The summed E-state index contributed by atoms with van der Waals surface area (Å²) in [6, 6.07) is 3.87. The van der Waals surface area contributed by atoms with Crippen LogP contribution in [0.1, 0.15) is 50.1 Å². The van der Waals surface area contributed by atoms with Crippen LogP contribution >= 0.6 is 11.8 Å². The summed E-state index contributed by atoms with van der Waals surface area (Å²) < 4.78 is 34.3. The van der Waals surface area contributed by atoms with Crippen molar-refractivity contribution in [3.63, 3.8) is 0 Å². The molecule has 5 rings (SSSR count). The van der Waals surface area contributed by atoms with Crippen LogP contribution in [-0.2, 0) is 4.74 Å². The van der Waals surface area contributed by atoms with Gasteiger partial charge in [0.15, 0.2) is 33.8 Å². The largest absolute Gasteiger partial charge is 0.394 e. The van der Waals surface area contributed by atoms with Gasteiger partial charge in [0.05, 0.1) is 31.5 Å². The molecule has 0 aliphatic heterocycles. The van der Waals surface area contributed by atoms with Gasteiger partial charge >= 0.3 is 0 Å². The number of hydrogen-bond donors (Lipinski definition) is 3. The third-order valence-electron chi connectivity index (χ3n) is 6.44. The molecule has 0 radical (unpaired) electrons. The van der Waals surface area contributed by atoms with Crippen LogP contribution in [0.15, 0.2) is 23.4 Å². The number of benzene rings is 1. The van der Waals surface area contributed by atoms with Crippen LogP contribution in [0.2, 0.25) is 0 Å². The first kappa shape index (κ1) is 24.3. The summed E-state index contributed by atoms with van der Waals surface area (Å²) in [4.78, 5) is 9.39. The van der Waals surface area contributed by atoms with Crippen molar-refractivity contribution in [2.75, 3.05) is 24.3 Å². The van der Waals surface area contributed by atoms with Crippen LogP contribution in [0.25, 0.3) is 11.2 Å². The van der Waals surface area contributed by atoms with E-state index in [9.17, 15) is 13.9 Å². The Balaban J connectivity index is 1.40. The van der Waals surface area contributed by atoms with E-state index in [-0.39, 0.29) is 37.3 Å². The van der Waals surface area contributed by atoms with Gasteiger partial charge in [-0.1, -0.05) is 30.0 Å². The van der Waals surface area contributed by atoms with Crippen molar-refractivity contribution in [1.29, 1.82) is 0 Å². The summed E-state index contributed by atoms with van der Waals surface area (Å²) in [6.07, 6.45) is 1.65. The Kier molecular flexibility index (Phi) is 7.14. The Morgan fingerprint density at radius 3 is 2.83 bits per heavy atom. The predicted octanol–water partition coefficient (Wildman–Crippen LogP) is 3.04. The monoisotopic (exact) mass is 506 g/mol. The van der Waals surface area contributed by atoms with E-state index in [4.69, 9.17) is 14.8 Å². The highest BCUT2D eigenvalue weighted by molar-refractivity contribution is 7.99. The Labute approximate surface area is 205 Å². The molecule has 2 aliphatic rings. The topological polar surface area (TPSA) is 118 Å². The molecule has 35 heavy (non-hydrogen) atoms. The highest BCUT2D eigenvalue weighted by Crippen LogP contribution is 2.44. The number of aliphatic hydroxyl groups excluding tert-OH is 2. The molecule has 2 saturated carbocycles. The molecule has 12 heteroatoms. The predicted molar refractivity (Wildman–Crippen MR) is 126 cm³/mol. The summed E-state index contributed by atoms with van der Waals surface area (Å²) in [5.41, 5.74) is 1.84. The van der Waals surface area contributed by atoms with Crippen LogP contribution in [0.3, 0.4) is 0 Å². The number of ether oxygens (including phenoxy) is 1. The second-order valence-electron chi connectivity index (χ2n) is 9.00. The van der Waals surface area contributed by atoms with Crippen molar-refractivity contribution < 1.29 is 23.7 Å². The smallest absolute Gasteiger partial charge is 0.191 e. The first-order valence-corrected chi connectivity index (χ1v) is 12.8. The number of rotatable bonds is 10. The second-order valence-corrected chi connectivity index (χ2v) is 10.1. The molecule has 0 spiro atoms. The molecule has 9 nitrogen and oxygen atoms in total. The maximum absolute atomic E-state index is 13.7. The van der Waals surface area contributed by atoms with Crippen LogP contribution in [-0.4, -0.2) is 72.4 Å². The SMILES string of the molecule is CCCSc1nc(N[C@@H]2C[C@H]2c2ccc(F)c(F)c2)c2nnn([C@@H]3C[C@H](OCCO)[C@@H](O)C3)c2n1. The maximum Gasteiger partial charge on any atom is 0.191 e. The van der Waals surface area contributed by atoms with E-state index in [1.165, 1.54) is 6.07 Å². The van der Waals surface area contributed by atoms with E-state index in [1.54, 1.807) is 22.5 Å². The van der Waals surface area contributed by atoms with Crippen molar-refractivity contribution in [3.05, 3.63) is 35.4 Å². The third kappa shape index (κ3) is 5.11. The molecule has 2 aromatic heterocycles. The number of aliphatic hydroxyl groups is 2. The van der Waals surface area contributed by atoms with Crippen molar-refractivity contribution in [1.82, 2.24) is 25.0 Å². The summed E-state index contributed by atoms with van der Waals surface area (Å²) in [6.45, 7) is 2.15. The minimum Gasteiger partial charge on any atom is -0.394 e. The lowest BCUT2D eigenvalue weighted by Gasteiger charge is -2.14. The van der Waals surface area contributed by atoms with Crippen LogP contribution in [0.4, 0.5) is 14.6 Å². The first-order valence-electron chi connectivity index (χ1n) is 11.9. The zero-order chi connectivity index (χ0) is 24.5. The van der Waals surface area contributed by atoms with E-state index >= 15 is 0 Å². The lowest BCUT2D eigenvalue weighted by molar-refractivity contribution is -0.0303. The normalized spacial score (nSPS) is 25.9. The third-order valence-corrected chi connectivity index (χ3v) is 7.49. The van der Waals surface area contributed by atoms with E-state index in [0.29, 0.717) is 35.0 Å². The standard InChI is InChI=1S/C23H28F2N6O3S/c1-2-7-35-23-27-21(26-17-11-14(17)12-3-4-15(24)16(25)8-12)20-22(28-23)31(30-29-20)13-9-18(33)19(10-13)34-6-5-32/h3-4,8,13-14,17-19,32-33H,2,5-7,9-11H2,1H3,(H,26,27,28)/t13-,14-,17+,18-,19-/m0/s1. The highest BCUT2D eigenvalue weighted by Gasteiger charge is 2.40. The van der Waals surface area contributed by atoms with E-state index < -0.39 is 17.7 Å². The molecule has 0 amide bonds. The number of nitrogens with zero attached hydrogens (tertiary/aromatic N) is 5. The lowest BCUT2D eigenvalue weighted by atomic mass is 10.1. The molecule has 0 bridgehead atoms. The average Bonchev–Trinajstić information content (AvgIpc) is 3.31. The van der Waals surface area contributed by atoms with E-state index in [1.807, 2.05) is 0 Å². The lowest BCUT2D eigenvalue weighted by Crippen LogP contribution is -2.23. The zero-order valence-corrected chi connectivity index (χ0v) is 20.1. The Hall–Kier alpha value is -2.41. The fourth-order valence-corrected chi connectivity index (χ4v) is 5.28. The summed E-state index contributed by atoms with van der Waals surface area (Å²) in [7, 11) is 0. The van der Waals surface area contributed by atoms with Gasteiger partial charge in [0.2, 0.25) is 0 Å². The molecule has 5 atom stereocenters. The van der Waals surface area contributed by atoms with Gasteiger partial charge in [-0.05, 0) is 43.4 Å². The molecular formula is C23H28F2N6O3S. The minimum absolute atomic E-state index is 0.0108. The van der Waals surface area contributed by atoms with Crippen LogP contribution in [0, 0.1) is 11.6 Å². The molecule has 3 N–H and O–H groups in total. The molecule has 188 valence electrons. The van der Waals surface area contributed by atoms with Gasteiger partial charge in [0.1, 0.15) is 0 Å². The Morgan fingerprint density at radius 2 is 2.06 bits per heavy atom. The zero-order valence-electron chi connectivity index (χ0n) is 19.3. The van der Waals surface area contributed by atoms with Gasteiger partial charge in [0.25, 0.3) is 0 Å². The molecule has 3 aromatic rings. The minimum atomic E-state index is -0.855. The van der Waals surface area contributed by atoms with Gasteiger partial charge in [-0.2, -0.15) is 0 Å². The average molecular weight is 507 g/mol. The van der Waals surface area contributed by atoms with Crippen molar-refractivity contribution in [3.8, 4) is 0 Å². The van der Waals surface area contributed by atoms with Gasteiger partial charge in [-0.3, -0.25) is 0 Å². The molecule has 2 heterocycles. The van der Waals surface area contributed by atoms with E-state index in [2.05, 4.69) is 27.5 Å². The Bertz CT molecular complexity index is 1200. The van der Waals surface area contributed by atoms with Crippen molar-refractivity contribution >= 4 is 28.7 Å². The summed E-state index contributed by atoms with van der Waals surface area (Å²) in [5.74, 6) is -0.245.